The van der Waals surface area contributed by atoms with Gasteiger partial charge in [0.25, 0.3) is 5.78 Å². The van der Waals surface area contributed by atoms with Crippen molar-refractivity contribution in [3.05, 3.63) is 29.8 Å². The maximum absolute atomic E-state index is 12.4. The Morgan fingerprint density at radius 3 is 2.00 bits per heavy atom. The van der Waals surface area contributed by atoms with Gasteiger partial charge in [-0.1, -0.05) is 12.1 Å². The Hall–Kier alpha value is -2.05. The van der Waals surface area contributed by atoms with Crippen molar-refractivity contribution in [2.24, 2.45) is 0 Å². The molecule has 0 radical (unpaired) electrons. The molecule has 1 rings (SSSR count). The van der Waals surface area contributed by atoms with Gasteiger partial charge in [-0.25, -0.2) is 0 Å². The highest BCUT2D eigenvalue weighted by Gasteiger charge is 2.47. The molecule has 19 heavy (non-hydrogen) atoms. The lowest BCUT2D eigenvalue weighted by Crippen LogP contribution is -2.34. The maximum atomic E-state index is 12.4. The SMILES string of the molecule is COC(=O)C(C(=O)C(F)(F)F)c1ccc(OC)cc1. The molecule has 1 aromatic rings. The third-order valence-electron chi connectivity index (χ3n) is 2.43. The fourth-order valence-electron chi connectivity index (χ4n) is 1.47. The quantitative estimate of drug-likeness (QED) is 0.624. The van der Waals surface area contributed by atoms with Crippen LogP contribution in [-0.4, -0.2) is 32.1 Å². The predicted molar refractivity (Wildman–Crippen MR) is 58.8 cm³/mol. The smallest absolute Gasteiger partial charge is 0.451 e. The molecule has 0 N–H and O–H groups in total. The minimum atomic E-state index is -5.11. The normalized spacial score (nSPS) is 12.7. The molecule has 4 nitrogen and oxygen atoms in total. The molecule has 0 aliphatic carbocycles. The number of hydrogen-bond acceptors (Lipinski definition) is 4. The van der Waals surface area contributed by atoms with Crippen LogP contribution in [0.2, 0.25) is 0 Å². The van der Waals surface area contributed by atoms with Crippen LogP contribution in [0, 0.1) is 0 Å². The van der Waals surface area contributed by atoms with E-state index < -0.39 is 23.8 Å². The Kier molecular flexibility index (Phi) is 4.52. The van der Waals surface area contributed by atoms with Gasteiger partial charge in [-0.3, -0.25) is 9.59 Å². The van der Waals surface area contributed by atoms with Gasteiger partial charge in [0.1, 0.15) is 11.7 Å². The van der Waals surface area contributed by atoms with Gasteiger partial charge in [0.15, 0.2) is 0 Å². The fraction of sp³-hybridized carbons (Fsp3) is 0.333. The summed E-state index contributed by atoms with van der Waals surface area (Å²) in [6.07, 6.45) is -5.11. The summed E-state index contributed by atoms with van der Waals surface area (Å²) in [5.74, 6) is -5.04. The van der Waals surface area contributed by atoms with Crippen molar-refractivity contribution in [3.8, 4) is 5.75 Å². The minimum absolute atomic E-state index is 0.102. The summed E-state index contributed by atoms with van der Waals surface area (Å²) in [5, 5.41) is 0. The van der Waals surface area contributed by atoms with Crippen molar-refractivity contribution in [2.45, 2.75) is 12.1 Å². The predicted octanol–water partition coefficient (Wildman–Crippen LogP) is 2.08. The van der Waals surface area contributed by atoms with Crippen LogP contribution in [0.1, 0.15) is 11.5 Å². The first-order valence-electron chi connectivity index (χ1n) is 5.14. The number of carbonyl (C=O) groups is 2. The largest absolute Gasteiger partial charge is 0.497 e. The van der Waals surface area contributed by atoms with Crippen LogP contribution in [0.15, 0.2) is 24.3 Å². The number of benzene rings is 1. The van der Waals surface area contributed by atoms with Crippen LogP contribution < -0.4 is 4.74 Å². The minimum Gasteiger partial charge on any atom is -0.497 e. The molecule has 104 valence electrons. The third kappa shape index (κ3) is 3.46. The lowest BCUT2D eigenvalue weighted by atomic mass is 9.94. The summed E-state index contributed by atoms with van der Waals surface area (Å²) in [7, 11) is 2.30. The average molecular weight is 276 g/mol. The Morgan fingerprint density at radius 2 is 1.63 bits per heavy atom. The van der Waals surface area contributed by atoms with Crippen LogP contribution >= 0.6 is 0 Å². The second-order valence-corrected chi connectivity index (χ2v) is 3.59. The van der Waals surface area contributed by atoms with Gasteiger partial charge in [0.05, 0.1) is 14.2 Å². The number of ketones is 1. The van der Waals surface area contributed by atoms with Crippen molar-refractivity contribution in [1.82, 2.24) is 0 Å². The van der Waals surface area contributed by atoms with Gasteiger partial charge in [-0.15, -0.1) is 0 Å². The molecule has 0 heterocycles. The van der Waals surface area contributed by atoms with E-state index >= 15 is 0 Å². The molecule has 0 aromatic heterocycles. The maximum Gasteiger partial charge on any atom is 0.451 e. The summed E-state index contributed by atoms with van der Waals surface area (Å²) >= 11 is 0. The van der Waals surface area contributed by atoms with Gasteiger partial charge in [0.2, 0.25) is 0 Å². The molecule has 0 fully saturated rings. The highest BCUT2D eigenvalue weighted by atomic mass is 19.4. The van der Waals surface area contributed by atoms with Crippen LogP contribution in [-0.2, 0) is 14.3 Å². The molecular formula is C12H11F3O4. The average Bonchev–Trinajstić information content (AvgIpc) is 2.38. The molecular weight excluding hydrogens is 265 g/mol. The molecule has 1 aromatic carbocycles. The molecule has 1 atom stereocenters. The first kappa shape index (κ1) is 15.0. The molecule has 0 amide bonds. The van der Waals surface area contributed by atoms with E-state index in [1.807, 2.05) is 0 Å². The van der Waals surface area contributed by atoms with Crippen molar-refractivity contribution in [3.63, 3.8) is 0 Å². The molecule has 0 spiro atoms. The van der Waals surface area contributed by atoms with Crippen molar-refractivity contribution in [1.29, 1.82) is 0 Å². The number of halogens is 3. The van der Waals surface area contributed by atoms with Crippen LogP contribution in [0.5, 0.6) is 5.75 Å². The molecule has 0 saturated carbocycles. The summed E-state index contributed by atoms with van der Waals surface area (Å²) < 4.78 is 46.4. The first-order valence-corrected chi connectivity index (χ1v) is 5.14. The monoisotopic (exact) mass is 276 g/mol. The fourth-order valence-corrected chi connectivity index (χ4v) is 1.47. The lowest BCUT2D eigenvalue weighted by Gasteiger charge is -2.15. The Bertz CT molecular complexity index is 465. The number of hydrogen-bond donors (Lipinski definition) is 0. The standard InChI is InChI=1S/C12H11F3O4/c1-18-8-5-3-7(4-6-8)9(11(17)19-2)10(16)12(13,14)15/h3-6,9H,1-2H3. The van der Waals surface area contributed by atoms with Gasteiger partial charge < -0.3 is 9.47 Å². The van der Waals surface area contributed by atoms with E-state index in [0.29, 0.717) is 5.75 Å². The molecule has 1 unspecified atom stereocenters. The zero-order chi connectivity index (χ0) is 14.6. The van der Waals surface area contributed by atoms with Crippen LogP contribution in [0.25, 0.3) is 0 Å². The molecule has 0 aliphatic rings. The zero-order valence-electron chi connectivity index (χ0n) is 10.2. The van der Waals surface area contributed by atoms with E-state index in [9.17, 15) is 22.8 Å². The van der Waals surface area contributed by atoms with Crippen LogP contribution in [0.4, 0.5) is 13.2 Å². The van der Waals surface area contributed by atoms with E-state index in [2.05, 4.69) is 4.74 Å². The second-order valence-electron chi connectivity index (χ2n) is 3.59. The number of esters is 1. The number of alkyl halides is 3. The Labute approximate surface area is 107 Å². The van der Waals surface area contributed by atoms with Gasteiger partial charge >= 0.3 is 12.1 Å². The van der Waals surface area contributed by atoms with Crippen molar-refractivity contribution in [2.75, 3.05) is 14.2 Å². The van der Waals surface area contributed by atoms with Gasteiger partial charge in [-0.05, 0) is 17.7 Å². The highest BCUT2D eigenvalue weighted by molar-refractivity contribution is 6.06. The van der Waals surface area contributed by atoms with E-state index in [-0.39, 0.29) is 5.56 Å². The number of ether oxygens (including phenoxy) is 2. The number of rotatable bonds is 4. The van der Waals surface area contributed by atoms with Crippen molar-refractivity contribution >= 4 is 11.8 Å². The Balaban J connectivity index is 3.16. The van der Waals surface area contributed by atoms with Gasteiger partial charge in [-0.2, -0.15) is 13.2 Å². The zero-order valence-corrected chi connectivity index (χ0v) is 10.2. The lowest BCUT2D eigenvalue weighted by molar-refractivity contribution is -0.176. The van der Waals surface area contributed by atoms with Crippen molar-refractivity contribution < 1.29 is 32.2 Å². The second kappa shape index (κ2) is 5.73. The summed E-state index contributed by atoms with van der Waals surface area (Å²) in [5.41, 5.74) is -0.102. The van der Waals surface area contributed by atoms with Gasteiger partial charge in [0, 0.05) is 0 Å². The number of Topliss-reactive ketones (excluding diaryl/α,β-unsaturated/α-hetero) is 1. The summed E-state index contributed by atoms with van der Waals surface area (Å²) in [6.45, 7) is 0. The topological polar surface area (TPSA) is 52.6 Å². The van der Waals surface area contributed by atoms with E-state index in [1.54, 1.807) is 0 Å². The van der Waals surface area contributed by atoms with E-state index in [4.69, 9.17) is 4.74 Å². The van der Waals surface area contributed by atoms with E-state index in [1.165, 1.54) is 31.4 Å². The number of methoxy groups -OCH3 is 2. The first-order chi connectivity index (χ1) is 8.81. The summed E-state index contributed by atoms with van der Waals surface area (Å²) in [4.78, 5) is 22.6. The molecule has 0 aliphatic heterocycles. The molecule has 0 bridgehead atoms. The van der Waals surface area contributed by atoms with E-state index in [0.717, 1.165) is 7.11 Å². The highest BCUT2D eigenvalue weighted by Crippen LogP contribution is 2.29. The third-order valence-corrected chi connectivity index (χ3v) is 2.43. The molecule has 0 saturated heterocycles. The Morgan fingerprint density at radius 1 is 1.11 bits per heavy atom. The number of carbonyl (C=O) groups excluding carboxylic acids is 2. The molecule has 7 heteroatoms. The van der Waals surface area contributed by atoms with Crippen LogP contribution in [0.3, 0.4) is 0 Å². The summed E-state index contributed by atoms with van der Waals surface area (Å²) in [6, 6.07) is 5.14.